The first-order chi connectivity index (χ1) is 31.8. The first kappa shape index (κ1) is 44.1. The van der Waals surface area contributed by atoms with Crippen LogP contribution >= 0.6 is 22.7 Å². The van der Waals surface area contributed by atoms with Crippen LogP contribution in [0.25, 0.3) is 74.6 Å². The van der Waals surface area contributed by atoms with E-state index in [2.05, 4.69) is 125 Å². The van der Waals surface area contributed by atoms with E-state index in [-0.39, 0.29) is 22.1 Å². The number of hydrogen-bond acceptors (Lipinski definition) is 7. The van der Waals surface area contributed by atoms with E-state index in [1.807, 2.05) is 22.7 Å². The third-order valence-corrected chi connectivity index (χ3v) is 16.2. The lowest BCUT2D eigenvalue weighted by molar-refractivity contribution is 0.398. The first-order valence-corrected chi connectivity index (χ1v) is 25.3. The summed E-state index contributed by atoms with van der Waals surface area (Å²) >= 11 is 3.66. The van der Waals surface area contributed by atoms with Crippen molar-refractivity contribution in [3.05, 3.63) is 130 Å². The Labute approximate surface area is 392 Å². The van der Waals surface area contributed by atoms with Crippen LogP contribution in [0.4, 0.5) is 0 Å². The highest BCUT2D eigenvalue weighted by molar-refractivity contribution is 7.36. The summed E-state index contributed by atoms with van der Waals surface area (Å²) in [6, 6.07) is 39.1. The van der Waals surface area contributed by atoms with Gasteiger partial charge in [0.2, 0.25) is 0 Å². The number of nitrogens with zero attached hydrogens (tertiary/aromatic N) is 5. The van der Waals surface area contributed by atoms with Crippen LogP contribution in [-0.4, -0.2) is 9.97 Å². The third kappa shape index (κ3) is 8.48. The molecule has 7 heteroatoms. The number of aryl methyl sites for hydroxylation is 2. The Kier molecular flexibility index (Phi) is 13.0. The van der Waals surface area contributed by atoms with E-state index >= 15 is 0 Å². The molecule has 3 heterocycles. The maximum atomic E-state index is 10.5. The molecular weight excluding hydrogens is 831 g/mol. The fourth-order valence-corrected chi connectivity index (χ4v) is 13.1. The standard InChI is InChI=1S/C58H55N5S2/c1-5-7-9-11-13-15-25-58(26-16-14-12-10-8-6-2)48-27-37(3)17-21-44(48)45-23-19-40(31-49(45)58)50-33-51(63-57(62-50)54-42(35-60)29-39(34-59)30-43(54)36-61)41-20-24-47-53(32-41)65-55-46-22-18-38(4)28-52(46)64-56(47)55/h17-24,27-33H,5-16,25-26H2,1-4H3. The monoisotopic (exact) mass is 885 g/mol. The molecule has 1 aliphatic carbocycles. The second-order valence-electron chi connectivity index (χ2n) is 18.2. The number of rotatable bonds is 17. The van der Waals surface area contributed by atoms with E-state index < -0.39 is 0 Å². The molecular formula is C58H55N5S2. The Morgan fingerprint density at radius 3 is 1.60 bits per heavy atom. The molecule has 1 aliphatic rings. The third-order valence-electron chi connectivity index (χ3n) is 13.7. The number of unbranched alkanes of at least 4 members (excludes halogenated alkanes) is 10. The average Bonchev–Trinajstić information content (AvgIpc) is 3.95. The molecule has 0 unspecified atom stereocenters. The fraction of sp³-hybridized carbons (Fsp3) is 0.328. The molecule has 0 saturated heterocycles. The predicted molar refractivity (Wildman–Crippen MR) is 272 cm³/mol. The molecule has 8 aromatic rings. The summed E-state index contributed by atoms with van der Waals surface area (Å²) in [5.74, 6) is 0.300. The first-order valence-electron chi connectivity index (χ1n) is 23.7. The fourth-order valence-electron chi connectivity index (χ4n) is 10.3. The molecule has 9 rings (SSSR count). The lowest BCUT2D eigenvalue weighted by Gasteiger charge is -2.33. The molecule has 5 nitrogen and oxygen atoms in total. The van der Waals surface area contributed by atoms with Gasteiger partial charge < -0.3 is 0 Å². The normalized spacial score (nSPS) is 12.6. The summed E-state index contributed by atoms with van der Waals surface area (Å²) in [5.41, 5.74) is 12.3. The summed E-state index contributed by atoms with van der Waals surface area (Å²) in [4.78, 5) is 10.4. The summed E-state index contributed by atoms with van der Waals surface area (Å²) < 4.78 is 5.09. The zero-order valence-electron chi connectivity index (χ0n) is 38.1. The Morgan fingerprint density at radius 1 is 0.508 bits per heavy atom. The number of benzene rings is 5. The average molecular weight is 886 g/mol. The minimum atomic E-state index is -0.115. The number of aromatic nitrogens is 2. The molecule has 0 amide bonds. The van der Waals surface area contributed by atoms with Crippen LogP contribution < -0.4 is 0 Å². The van der Waals surface area contributed by atoms with E-state index in [4.69, 9.17) is 9.97 Å². The Bertz CT molecular complexity index is 3170. The molecule has 0 spiro atoms. The highest BCUT2D eigenvalue weighted by Crippen LogP contribution is 2.55. The van der Waals surface area contributed by atoms with Crippen molar-refractivity contribution in [3.63, 3.8) is 0 Å². The van der Waals surface area contributed by atoms with Crippen molar-refractivity contribution >= 4 is 52.2 Å². The quantitative estimate of drug-likeness (QED) is 0.0849. The molecule has 324 valence electrons. The molecule has 65 heavy (non-hydrogen) atoms. The van der Waals surface area contributed by atoms with Gasteiger partial charge in [-0.15, -0.1) is 22.7 Å². The van der Waals surface area contributed by atoms with E-state index in [0.29, 0.717) is 17.1 Å². The van der Waals surface area contributed by atoms with Crippen molar-refractivity contribution in [3.8, 4) is 63.2 Å². The van der Waals surface area contributed by atoms with Crippen LogP contribution in [0.2, 0.25) is 0 Å². The largest absolute Gasteiger partial charge is 0.228 e. The minimum absolute atomic E-state index is 0.115. The van der Waals surface area contributed by atoms with Crippen LogP contribution in [0.15, 0.2) is 91.0 Å². The van der Waals surface area contributed by atoms with Gasteiger partial charge in [0, 0.05) is 36.7 Å². The molecule has 5 aromatic carbocycles. The zero-order chi connectivity index (χ0) is 45.1. The second-order valence-corrected chi connectivity index (χ2v) is 20.3. The van der Waals surface area contributed by atoms with Gasteiger partial charge in [-0.25, -0.2) is 9.97 Å². The highest BCUT2D eigenvalue weighted by Gasteiger charge is 2.42. The Balaban J connectivity index is 1.20. The van der Waals surface area contributed by atoms with Gasteiger partial charge in [-0.3, -0.25) is 0 Å². The molecule has 0 saturated carbocycles. The summed E-state index contributed by atoms with van der Waals surface area (Å²) in [5, 5.41) is 33.3. The van der Waals surface area contributed by atoms with Gasteiger partial charge in [0.05, 0.1) is 61.2 Å². The SMILES string of the molecule is CCCCCCCCC1(CCCCCCCC)c2cc(C)ccc2-c2ccc(-c3cc(-c4ccc5c(c4)sc4c6ccc(C)cc6sc54)nc(-c4c(C#N)cc(C#N)cc4C#N)n3)cc21. The zero-order valence-corrected chi connectivity index (χ0v) is 39.7. The Hall–Kier alpha value is -6.17. The molecule has 0 radical (unpaired) electrons. The molecule has 0 bridgehead atoms. The molecule has 0 fully saturated rings. The van der Waals surface area contributed by atoms with Crippen LogP contribution in [0, 0.1) is 47.8 Å². The topological polar surface area (TPSA) is 97.1 Å². The van der Waals surface area contributed by atoms with Gasteiger partial charge in [0.25, 0.3) is 0 Å². The maximum absolute atomic E-state index is 10.5. The van der Waals surface area contributed by atoms with Gasteiger partial charge in [-0.05, 0) is 90.9 Å². The van der Waals surface area contributed by atoms with Crippen molar-refractivity contribution in [1.29, 1.82) is 15.8 Å². The van der Waals surface area contributed by atoms with Crippen molar-refractivity contribution in [2.45, 2.75) is 123 Å². The maximum Gasteiger partial charge on any atom is 0.163 e. The smallest absolute Gasteiger partial charge is 0.163 e. The van der Waals surface area contributed by atoms with E-state index in [1.165, 1.54) is 152 Å². The lowest BCUT2D eigenvalue weighted by atomic mass is 9.70. The van der Waals surface area contributed by atoms with Gasteiger partial charge in [-0.1, -0.05) is 151 Å². The number of fused-ring (bicyclic) bond motifs is 8. The minimum Gasteiger partial charge on any atom is -0.228 e. The molecule has 0 atom stereocenters. The molecule has 3 aromatic heterocycles. The van der Waals surface area contributed by atoms with Crippen LogP contribution in [0.3, 0.4) is 0 Å². The predicted octanol–water partition coefficient (Wildman–Crippen LogP) is 17.1. The van der Waals surface area contributed by atoms with E-state index in [0.717, 1.165) is 29.7 Å². The molecule has 0 N–H and O–H groups in total. The summed E-state index contributed by atoms with van der Waals surface area (Å²) in [6.45, 7) is 8.94. The molecule has 0 aliphatic heterocycles. The number of thiophene rings is 2. The highest BCUT2D eigenvalue weighted by atomic mass is 32.1. The van der Waals surface area contributed by atoms with Crippen LogP contribution in [0.5, 0.6) is 0 Å². The van der Waals surface area contributed by atoms with E-state index in [9.17, 15) is 15.8 Å². The van der Waals surface area contributed by atoms with Gasteiger partial charge in [0.1, 0.15) is 0 Å². The van der Waals surface area contributed by atoms with Crippen molar-refractivity contribution in [2.24, 2.45) is 0 Å². The van der Waals surface area contributed by atoms with E-state index in [1.54, 1.807) is 0 Å². The second kappa shape index (κ2) is 19.1. The van der Waals surface area contributed by atoms with Gasteiger partial charge in [0.15, 0.2) is 5.82 Å². The van der Waals surface area contributed by atoms with Crippen molar-refractivity contribution in [2.75, 3.05) is 0 Å². The lowest BCUT2D eigenvalue weighted by Crippen LogP contribution is -2.25. The number of nitriles is 3. The van der Waals surface area contributed by atoms with Crippen LogP contribution in [-0.2, 0) is 5.41 Å². The van der Waals surface area contributed by atoms with Crippen LogP contribution in [0.1, 0.15) is 143 Å². The summed E-state index contributed by atoms with van der Waals surface area (Å²) in [7, 11) is 0. The van der Waals surface area contributed by atoms with Gasteiger partial charge >= 0.3 is 0 Å². The summed E-state index contributed by atoms with van der Waals surface area (Å²) in [6.07, 6.45) is 17.3. The Morgan fingerprint density at radius 2 is 1.00 bits per heavy atom. The number of hydrogen-bond donors (Lipinski definition) is 0. The van der Waals surface area contributed by atoms with Crippen molar-refractivity contribution in [1.82, 2.24) is 9.97 Å². The van der Waals surface area contributed by atoms with Crippen molar-refractivity contribution < 1.29 is 0 Å². The van der Waals surface area contributed by atoms with Gasteiger partial charge in [-0.2, -0.15) is 15.8 Å².